The van der Waals surface area contributed by atoms with Crippen LogP contribution in [0.3, 0.4) is 0 Å². The number of halogens is 5. The Morgan fingerprint density at radius 3 is 1.13 bits per heavy atom. The van der Waals surface area contributed by atoms with Gasteiger partial charge in [0.2, 0.25) is 0 Å². The number of hydrogen-bond donors (Lipinski definition) is 7. The van der Waals surface area contributed by atoms with Crippen molar-refractivity contribution in [1.82, 2.24) is 87.9 Å². The van der Waals surface area contributed by atoms with E-state index >= 15 is 0 Å². The number of thiophene rings is 1. The number of rotatable bonds is 22. The van der Waals surface area contributed by atoms with Crippen LogP contribution in [0.15, 0.2) is 224 Å². The van der Waals surface area contributed by atoms with Gasteiger partial charge >= 0.3 is 0 Å². The van der Waals surface area contributed by atoms with Gasteiger partial charge in [0.25, 0.3) is 0 Å². The van der Waals surface area contributed by atoms with Gasteiger partial charge in [0.15, 0.2) is 53.0 Å². The molecule has 16 aromatic heterocycles. The molecular weight excluding hydrogens is 1950 g/mol. The van der Waals surface area contributed by atoms with E-state index in [9.17, 15) is 20.6 Å². The lowest BCUT2D eigenvalue weighted by Gasteiger charge is -2.39. The number of anilines is 5. The minimum absolute atomic E-state index is 0.198. The lowest BCUT2D eigenvalue weighted by Crippen LogP contribution is -2.37. The van der Waals surface area contributed by atoms with Crippen molar-refractivity contribution in [2.75, 3.05) is 33.2 Å². The number of fused-ring (bicyclic) bond motifs is 5. The maximum Gasteiger partial charge on any atom is 0.185 e. The van der Waals surface area contributed by atoms with E-state index in [2.05, 4.69) is 182 Å². The van der Waals surface area contributed by atoms with E-state index in [0.29, 0.717) is 50.5 Å². The first kappa shape index (κ1) is 89.8. The first-order valence-electron chi connectivity index (χ1n) is 43.2. The molecule has 0 amide bonds. The lowest BCUT2D eigenvalue weighted by atomic mass is 9.70. The van der Waals surface area contributed by atoms with Gasteiger partial charge in [-0.05, 0) is 215 Å². The maximum absolute atomic E-state index is 11.4. The summed E-state index contributed by atoms with van der Waals surface area (Å²) in [5, 5.41) is 84.7. The molecule has 20 rings (SSSR count). The van der Waals surface area contributed by atoms with Crippen LogP contribution in [0.4, 0.5) is 29.1 Å². The highest BCUT2D eigenvalue weighted by Crippen LogP contribution is 2.45. The van der Waals surface area contributed by atoms with Gasteiger partial charge in [-0.3, -0.25) is 15.0 Å². The Morgan fingerprint density at radius 2 is 0.748 bits per heavy atom. The third-order valence-corrected chi connectivity index (χ3v) is 27.5. The number of aliphatic hydroxyl groups is 2. The number of aromatic nitrogens is 20. The van der Waals surface area contributed by atoms with Crippen LogP contribution in [0.5, 0.6) is 0 Å². The molecule has 0 spiro atoms. The average molecular weight is 2050 g/mol. The van der Waals surface area contributed by atoms with Crippen molar-refractivity contribution >= 4 is 148 Å². The highest BCUT2D eigenvalue weighted by molar-refractivity contribution is 9.11. The number of pyridine rings is 5. The lowest BCUT2D eigenvalue weighted by molar-refractivity contribution is -0.606. The smallest absolute Gasteiger partial charge is 0.185 e. The van der Waals surface area contributed by atoms with Crippen molar-refractivity contribution in [3.05, 3.63) is 285 Å². The predicted molar refractivity (Wildman–Crippen MR) is 511 cm³/mol. The van der Waals surface area contributed by atoms with Gasteiger partial charge in [-0.2, -0.15) is 57.5 Å². The molecule has 4 atom stereocenters. The normalized spacial score (nSPS) is 16.8. The maximum atomic E-state index is 11.4. The molecule has 29 nitrogen and oxygen atoms in total. The van der Waals surface area contributed by atoms with Crippen molar-refractivity contribution < 1.29 is 19.7 Å². The van der Waals surface area contributed by atoms with Crippen molar-refractivity contribution in [2.45, 2.75) is 191 Å². The molecular formula is C92H100Br5N25O4S. The summed E-state index contributed by atoms with van der Waals surface area (Å²) < 4.78 is 15.1. The second-order valence-electron chi connectivity index (χ2n) is 33.1. The summed E-state index contributed by atoms with van der Waals surface area (Å²) >= 11 is 19.4. The second kappa shape index (κ2) is 42.6. The van der Waals surface area contributed by atoms with Gasteiger partial charge < -0.3 is 47.2 Å². The number of hydrogen-bond acceptors (Lipinski definition) is 23. The highest BCUT2D eigenvalue weighted by Gasteiger charge is 2.38. The van der Waals surface area contributed by atoms with Gasteiger partial charge in [-0.25, -0.2) is 24.9 Å². The molecule has 0 aromatic carbocycles. The predicted octanol–water partition coefficient (Wildman–Crippen LogP) is 20.1. The van der Waals surface area contributed by atoms with E-state index in [0.717, 1.165) is 177 Å². The third kappa shape index (κ3) is 22.6. The summed E-state index contributed by atoms with van der Waals surface area (Å²) in [7, 11) is 0. The molecule has 0 aliphatic heterocycles. The van der Waals surface area contributed by atoms with Crippen LogP contribution in [0.25, 0.3) is 38.8 Å². The molecule has 4 fully saturated rings. The van der Waals surface area contributed by atoms with Crippen LogP contribution in [-0.4, -0.2) is 110 Å². The highest BCUT2D eigenvalue weighted by atomic mass is 79.9. The van der Waals surface area contributed by atoms with Gasteiger partial charge in [0.1, 0.15) is 29.1 Å². The first-order chi connectivity index (χ1) is 61.9. The zero-order chi connectivity index (χ0) is 87.8. The fourth-order valence-electron chi connectivity index (χ4n) is 17.4. The fourth-order valence-corrected chi connectivity index (χ4v) is 19.8. The van der Waals surface area contributed by atoms with Gasteiger partial charge in [0.05, 0.1) is 80.9 Å². The Morgan fingerprint density at radius 1 is 0.402 bits per heavy atom. The van der Waals surface area contributed by atoms with Gasteiger partial charge in [-0.1, -0.05) is 88.5 Å². The molecule has 0 saturated heterocycles. The SMILES string of the molecule is Brc1cnn2c(NCc3cccnc3)cc(C3CCCCC3)nc12.CC(C)(O)[C@H]1CCCC[C@H]1c1cc(NCc2cccnc2)n2ncc(Br)c2n1.OC[C@H]1CCCC[C@H]1c1cc(NCc2cccnc2)n2ncc(Br)c2n1.[O-][n+]1cccc(CNc2cc(-c3cccs3)nc3c(Br)cnn23)c1.[O-][n+]1cccc(CNc2cc(C3CCCCC3)nc3c(Br)cnn23)c1. The Kier molecular flexibility index (Phi) is 30.1. The minimum Gasteiger partial charge on any atom is -0.619 e. The van der Waals surface area contributed by atoms with E-state index < -0.39 is 5.60 Å². The fraction of sp³-hybridized carbons (Fsp3) is 0.359. The number of nitrogens with zero attached hydrogens (tertiary/aromatic N) is 20. The van der Waals surface area contributed by atoms with Crippen LogP contribution >= 0.6 is 91.0 Å². The summed E-state index contributed by atoms with van der Waals surface area (Å²) in [5.74, 6) is 6.58. The Balaban J connectivity index is 0.000000117. The monoisotopic (exact) mass is 2050 g/mol. The Hall–Kier alpha value is -10.5. The minimum atomic E-state index is -0.723. The molecule has 16 aromatic rings. The molecule has 4 aliphatic carbocycles. The first-order valence-corrected chi connectivity index (χ1v) is 48.1. The summed E-state index contributed by atoms with van der Waals surface area (Å²) in [6.07, 6.45) is 47.4. The van der Waals surface area contributed by atoms with E-state index in [1.807, 2.05) is 123 Å². The largest absolute Gasteiger partial charge is 0.619 e. The molecule has 4 aliphatic rings. The molecule has 127 heavy (non-hydrogen) atoms. The van der Waals surface area contributed by atoms with Crippen LogP contribution in [-0.2, 0) is 32.7 Å². The van der Waals surface area contributed by atoms with E-state index in [4.69, 9.17) is 19.9 Å². The molecule has 0 bridgehead atoms. The average Bonchev–Trinajstić information content (AvgIpc) is 1.75. The zero-order valence-corrected chi connectivity index (χ0v) is 79.2. The molecule has 35 heteroatoms. The van der Waals surface area contributed by atoms with Crippen LogP contribution in [0, 0.1) is 22.3 Å². The summed E-state index contributed by atoms with van der Waals surface area (Å²) in [6.45, 7) is 7.18. The van der Waals surface area contributed by atoms with Crippen LogP contribution < -0.4 is 36.0 Å². The topological polar surface area (TPSA) is 344 Å². The molecule has 658 valence electrons. The van der Waals surface area contributed by atoms with Gasteiger partial charge in [0, 0.05) is 165 Å². The molecule has 16 heterocycles. The number of nitrogens with one attached hydrogen (secondary N) is 5. The Bertz CT molecular complexity index is 6310. The van der Waals surface area contributed by atoms with Crippen molar-refractivity contribution in [2.24, 2.45) is 11.8 Å². The van der Waals surface area contributed by atoms with E-state index in [1.54, 1.807) is 83.8 Å². The molecule has 0 radical (unpaired) electrons. The van der Waals surface area contributed by atoms with Crippen LogP contribution in [0.2, 0.25) is 0 Å². The van der Waals surface area contributed by atoms with Gasteiger partial charge in [-0.15, -0.1) is 11.3 Å². The standard InChI is InChI=1S/C21H26BrN5O.C19H22BrN5O.C18H20BrN5O.C18H20BrN5.C16H12BrN5OS/c1-21(2,28)16-8-4-3-7-15(16)18-10-19(24-12-14-6-5-9-23-11-14)27-20(26-18)17(22)13-25-27;20-16-11-23-25-18(22-10-13-4-3-7-21-9-13)8-17(24-19(16)25)15-6-2-1-5-14(15)12-26;19-15-11-21-24-17(20-10-13-5-4-8-23(25)12-13)9-16(22-18(15)24)14-6-2-1-3-7-14;19-15-12-22-24-17(21-11-13-5-4-8-20-10-13)9-16(23-18(15)24)14-6-2-1-3-7-14;17-12-9-19-22-15(18-8-11-3-1-5-21(23)10-11)7-13(20-16(12)22)14-4-2-6-24-14/h5-6,9-11,13,15-16,24,28H,3-4,7-8,12H2,1-2H3;3-4,7-9,11,14-15,22,26H,1-2,5-6,10,12H2;4-5,8-9,11-12,14,20H,1-3,6-7,10H2;4-5,8-10,12,14,21H,1-3,6-7,11H2;1-7,9-10,18H,8H2/t15-,16+;14-,15-;;;/m11.../s1. The van der Waals surface area contributed by atoms with Crippen molar-refractivity contribution in [1.29, 1.82) is 0 Å². The molecule has 7 N–H and O–H groups in total. The second-order valence-corrected chi connectivity index (χ2v) is 38.3. The van der Waals surface area contributed by atoms with Crippen molar-refractivity contribution in [3.8, 4) is 10.6 Å². The van der Waals surface area contributed by atoms with Crippen molar-refractivity contribution in [3.63, 3.8) is 0 Å². The Labute approximate surface area is 781 Å². The molecule has 4 saturated carbocycles. The molecule has 0 unspecified atom stereocenters. The summed E-state index contributed by atoms with van der Waals surface area (Å²) in [4.78, 5) is 37.8. The van der Waals surface area contributed by atoms with E-state index in [-0.39, 0.29) is 24.4 Å². The summed E-state index contributed by atoms with van der Waals surface area (Å²) in [5.41, 5.74) is 13.8. The quantitative estimate of drug-likeness (QED) is 0.0245. The van der Waals surface area contributed by atoms with E-state index in [1.165, 1.54) is 102 Å². The summed E-state index contributed by atoms with van der Waals surface area (Å²) in [6, 6.07) is 33.8. The zero-order valence-electron chi connectivity index (χ0n) is 70.4. The third-order valence-electron chi connectivity index (χ3n) is 23.8. The van der Waals surface area contributed by atoms with Crippen LogP contribution in [0.1, 0.15) is 204 Å². The number of aliphatic hydroxyl groups excluding tert-OH is 1.